The zero-order valence-corrected chi connectivity index (χ0v) is 16.4. The van der Waals surface area contributed by atoms with Crippen LogP contribution in [-0.4, -0.2) is 45.6 Å². The summed E-state index contributed by atoms with van der Waals surface area (Å²) in [6.07, 6.45) is 1.66. The van der Waals surface area contributed by atoms with Crippen molar-refractivity contribution >= 4 is 23.6 Å². The number of likely N-dealkylation sites (N-methyl/N-ethyl adjacent to an activating group) is 1. The average molecular weight is 399 g/mol. The van der Waals surface area contributed by atoms with E-state index in [0.717, 1.165) is 5.56 Å². The lowest BCUT2D eigenvalue weighted by Gasteiger charge is -2.20. The molecular weight excluding hydrogens is 378 g/mol. The van der Waals surface area contributed by atoms with E-state index in [4.69, 9.17) is 10.2 Å². The first-order chi connectivity index (χ1) is 13.5. The van der Waals surface area contributed by atoms with Crippen LogP contribution in [0.1, 0.15) is 17.2 Å². The summed E-state index contributed by atoms with van der Waals surface area (Å²) in [5.74, 6) is 0.510. The third kappa shape index (κ3) is 4.42. The number of thioether (sulfide) groups is 1. The van der Waals surface area contributed by atoms with Crippen LogP contribution < -0.4 is 5.73 Å². The number of primary amides is 1. The van der Waals surface area contributed by atoms with Gasteiger partial charge < -0.3 is 15.1 Å². The van der Waals surface area contributed by atoms with Crippen molar-refractivity contribution in [3.05, 3.63) is 54.3 Å². The van der Waals surface area contributed by atoms with Crippen LogP contribution in [0.4, 0.5) is 0 Å². The monoisotopic (exact) mass is 399 g/mol. The van der Waals surface area contributed by atoms with E-state index in [-0.39, 0.29) is 12.3 Å². The van der Waals surface area contributed by atoms with Crippen molar-refractivity contribution in [3.63, 3.8) is 0 Å². The maximum atomic E-state index is 12.8. The number of hydrogen-bond acceptors (Lipinski definition) is 6. The maximum Gasteiger partial charge on any atom is 0.240 e. The summed E-state index contributed by atoms with van der Waals surface area (Å²) in [6, 6.07) is 13.0. The molecule has 2 N–H and O–H groups in total. The van der Waals surface area contributed by atoms with Gasteiger partial charge in [-0.05, 0) is 17.7 Å². The van der Waals surface area contributed by atoms with Crippen LogP contribution in [0.25, 0.3) is 11.6 Å². The number of carbonyl (C=O) groups is 2. The zero-order valence-electron chi connectivity index (χ0n) is 15.6. The quantitative estimate of drug-likeness (QED) is 0.583. The topological polar surface area (TPSA) is 107 Å². The summed E-state index contributed by atoms with van der Waals surface area (Å²) in [6.45, 7) is 0.290. The fourth-order valence-corrected chi connectivity index (χ4v) is 3.82. The average Bonchev–Trinajstić information content (AvgIpc) is 3.34. The van der Waals surface area contributed by atoms with E-state index >= 15 is 0 Å². The molecule has 2 aromatic heterocycles. The highest BCUT2D eigenvalue weighted by atomic mass is 32.2. The molecule has 2 amide bonds. The fraction of sp³-hybridized carbons (Fsp3) is 0.263. The van der Waals surface area contributed by atoms with E-state index < -0.39 is 11.2 Å². The van der Waals surface area contributed by atoms with Gasteiger partial charge in [0.25, 0.3) is 0 Å². The fourth-order valence-electron chi connectivity index (χ4n) is 2.62. The minimum absolute atomic E-state index is 0.0693. The van der Waals surface area contributed by atoms with Crippen LogP contribution in [0.2, 0.25) is 0 Å². The lowest BCUT2D eigenvalue weighted by molar-refractivity contribution is -0.128. The van der Waals surface area contributed by atoms with Crippen molar-refractivity contribution in [2.75, 3.05) is 14.1 Å². The van der Waals surface area contributed by atoms with Crippen molar-refractivity contribution in [3.8, 4) is 11.6 Å². The predicted molar refractivity (Wildman–Crippen MR) is 105 cm³/mol. The number of furan rings is 1. The summed E-state index contributed by atoms with van der Waals surface area (Å²) < 4.78 is 7.19. The Labute approximate surface area is 166 Å². The summed E-state index contributed by atoms with van der Waals surface area (Å²) in [4.78, 5) is 25.7. The Bertz CT molecular complexity index is 938. The smallest absolute Gasteiger partial charge is 0.240 e. The van der Waals surface area contributed by atoms with Gasteiger partial charge in [0, 0.05) is 27.1 Å². The molecule has 0 bridgehead atoms. The summed E-state index contributed by atoms with van der Waals surface area (Å²) >= 11 is 1.28. The summed E-state index contributed by atoms with van der Waals surface area (Å²) in [5, 5.41) is 8.47. The predicted octanol–water partition coefficient (Wildman–Crippen LogP) is 2.34. The SMILES string of the molecule is CN(C)C(=O)[C@H](Sc1nnc(-c2ccco2)n1CCC(N)=O)c1ccccc1. The number of rotatable bonds is 8. The summed E-state index contributed by atoms with van der Waals surface area (Å²) in [5.41, 5.74) is 6.18. The van der Waals surface area contributed by atoms with Gasteiger partial charge in [0.15, 0.2) is 16.7 Å². The Balaban J connectivity index is 1.98. The first kappa shape index (κ1) is 19.7. The molecule has 0 radical (unpaired) electrons. The molecule has 28 heavy (non-hydrogen) atoms. The van der Waals surface area contributed by atoms with E-state index in [0.29, 0.717) is 23.3 Å². The van der Waals surface area contributed by atoms with E-state index in [1.54, 1.807) is 35.7 Å². The van der Waals surface area contributed by atoms with Crippen LogP contribution in [-0.2, 0) is 16.1 Å². The molecule has 0 saturated carbocycles. The summed E-state index contributed by atoms with van der Waals surface area (Å²) in [7, 11) is 3.43. The standard InChI is InChI=1S/C19H21N5O3S/c1-23(2)18(26)16(13-7-4-3-5-8-13)28-19-22-21-17(14-9-6-12-27-14)24(19)11-10-15(20)25/h3-9,12,16H,10-11H2,1-2H3,(H2,20,25)/t16-/m1/s1. The highest BCUT2D eigenvalue weighted by Crippen LogP contribution is 2.37. The molecule has 0 aliphatic heterocycles. The third-order valence-corrected chi connectivity index (χ3v) is 5.25. The van der Waals surface area contributed by atoms with Crippen LogP contribution in [0.15, 0.2) is 58.3 Å². The number of hydrogen-bond donors (Lipinski definition) is 1. The molecule has 3 rings (SSSR count). The normalized spacial score (nSPS) is 11.9. The van der Waals surface area contributed by atoms with Gasteiger partial charge in [0.1, 0.15) is 5.25 Å². The van der Waals surface area contributed by atoms with Gasteiger partial charge >= 0.3 is 0 Å². The minimum atomic E-state index is -0.503. The molecule has 0 saturated heterocycles. The van der Waals surface area contributed by atoms with Gasteiger partial charge in [-0.2, -0.15) is 0 Å². The number of nitrogens with two attached hydrogens (primary N) is 1. The molecule has 3 aromatic rings. The Morgan fingerprint density at radius 1 is 1.18 bits per heavy atom. The molecule has 1 atom stereocenters. The molecule has 0 unspecified atom stereocenters. The van der Waals surface area contributed by atoms with E-state index in [1.807, 2.05) is 30.3 Å². The lowest BCUT2D eigenvalue weighted by Crippen LogP contribution is -2.27. The molecule has 8 nitrogen and oxygen atoms in total. The van der Waals surface area contributed by atoms with E-state index in [9.17, 15) is 9.59 Å². The largest absolute Gasteiger partial charge is 0.461 e. The van der Waals surface area contributed by atoms with Gasteiger partial charge in [-0.1, -0.05) is 42.1 Å². The maximum absolute atomic E-state index is 12.8. The van der Waals surface area contributed by atoms with Crippen molar-refractivity contribution in [1.82, 2.24) is 19.7 Å². The first-order valence-corrected chi connectivity index (χ1v) is 9.53. The van der Waals surface area contributed by atoms with Gasteiger partial charge in [0.05, 0.1) is 6.26 Å². The van der Waals surface area contributed by atoms with Crippen LogP contribution in [0.3, 0.4) is 0 Å². The number of benzene rings is 1. The second-order valence-corrected chi connectivity index (χ2v) is 7.36. The number of carbonyl (C=O) groups excluding carboxylic acids is 2. The van der Waals surface area contributed by atoms with E-state index in [2.05, 4.69) is 10.2 Å². The number of nitrogens with zero attached hydrogens (tertiary/aromatic N) is 4. The molecule has 2 heterocycles. The highest BCUT2D eigenvalue weighted by Gasteiger charge is 2.27. The lowest BCUT2D eigenvalue weighted by atomic mass is 10.1. The molecule has 9 heteroatoms. The second kappa shape index (κ2) is 8.75. The first-order valence-electron chi connectivity index (χ1n) is 8.65. The minimum Gasteiger partial charge on any atom is -0.461 e. The Kier molecular flexibility index (Phi) is 6.15. The van der Waals surface area contributed by atoms with Gasteiger partial charge in [-0.15, -0.1) is 10.2 Å². The Morgan fingerprint density at radius 3 is 2.54 bits per heavy atom. The van der Waals surface area contributed by atoms with Crippen LogP contribution in [0, 0.1) is 0 Å². The Hall–Kier alpha value is -3.07. The van der Waals surface area contributed by atoms with Crippen molar-refractivity contribution in [2.45, 2.75) is 23.4 Å². The van der Waals surface area contributed by atoms with Crippen LogP contribution in [0.5, 0.6) is 0 Å². The molecule has 0 aliphatic rings. The molecule has 0 aliphatic carbocycles. The van der Waals surface area contributed by atoms with E-state index in [1.165, 1.54) is 18.0 Å². The van der Waals surface area contributed by atoms with Crippen molar-refractivity contribution in [2.24, 2.45) is 5.73 Å². The molecular formula is C19H21N5O3S. The highest BCUT2D eigenvalue weighted by molar-refractivity contribution is 8.00. The number of aromatic nitrogens is 3. The number of amides is 2. The molecule has 1 aromatic carbocycles. The third-order valence-electron chi connectivity index (χ3n) is 4.03. The van der Waals surface area contributed by atoms with Crippen molar-refractivity contribution < 1.29 is 14.0 Å². The Morgan fingerprint density at radius 2 is 1.93 bits per heavy atom. The van der Waals surface area contributed by atoms with Crippen LogP contribution >= 0.6 is 11.8 Å². The van der Waals surface area contributed by atoms with Gasteiger partial charge in [0.2, 0.25) is 11.8 Å². The van der Waals surface area contributed by atoms with Gasteiger partial charge in [-0.3, -0.25) is 14.2 Å². The van der Waals surface area contributed by atoms with Gasteiger partial charge in [-0.25, -0.2) is 0 Å². The van der Waals surface area contributed by atoms with Crippen molar-refractivity contribution in [1.29, 1.82) is 0 Å². The molecule has 0 spiro atoms. The zero-order chi connectivity index (χ0) is 20.1. The molecule has 146 valence electrons. The second-order valence-electron chi connectivity index (χ2n) is 6.29. The molecule has 0 fully saturated rings.